The van der Waals surface area contributed by atoms with Gasteiger partial charge in [0.15, 0.2) is 17.3 Å². The summed E-state index contributed by atoms with van der Waals surface area (Å²) in [6.45, 7) is 0.299. The normalized spacial score (nSPS) is 11.0. The van der Waals surface area contributed by atoms with Gasteiger partial charge in [0.05, 0.1) is 24.4 Å². The molecule has 5 aromatic rings. The number of benzene rings is 2. The highest BCUT2D eigenvalue weighted by atomic mass is 32.1. The molecule has 3 heterocycles. The monoisotopic (exact) mass is 475 g/mol. The molecule has 0 atom stereocenters. The lowest BCUT2D eigenvalue weighted by atomic mass is 10.1. The van der Waals surface area contributed by atoms with E-state index in [4.69, 9.17) is 19.9 Å². The van der Waals surface area contributed by atoms with Crippen molar-refractivity contribution in [1.29, 1.82) is 0 Å². The number of nitrogens with two attached hydrogens (primary N) is 1. The quantitative estimate of drug-likeness (QED) is 0.359. The Morgan fingerprint density at radius 2 is 1.82 bits per heavy atom. The van der Waals surface area contributed by atoms with Crippen molar-refractivity contribution in [1.82, 2.24) is 29.7 Å². The first kappa shape index (κ1) is 21.6. The van der Waals surface area contributed by atoms with Gasteiger partial charge in [-0.1, -0.05) is 18.2 Å². The number of hydrogen-bond acceptors (Lipinski definition) is 10. The van der Waals surface area contributed by atoms with Gasteiger partial charge in [-0.3, -0.25) is 0 Å². The van der Waals surface area contributed by atoms with Crippen LogP contribution in [0.2, 0.25) is 0 Å². The largest absolute Gasteiger partial charge is 0.493 e. The first-order valence-corrected chi connectivity index (χ1v) is 11.2. The Morgan fingerprint density at radius 3 is 2.65 bits per heavy atom. The summed E-state index contributed by atoms with van der Waals surface area (Å²) in [4.78, 5) is 17.5. The van der Waals surface area contributed by atoms with Crippen molar-refractivity contribution >= 4 is 27.5 Å². The van der Waals surface area contributed by atoms with E-state index in [1.807, 2.05) is 42.5 Å². The zero-order valence-corrected chi connectivity index (χ0v) is 19.3. The SMILES string of the molecule is COc1ccc(Cc2nc(N)nn2-c2cc(OCc3nc4ccccc4s3)ncn2)cc1OC. The minimum absolute atomic E-state index is 0.144. The highest BCUT2D eigenvalue weighted by Gasteiger charge is 2.15. The van der Waals surface area contributed by atoms with Gasteiger partial charge in [-0.15, -0.1) is 16.4 Å². The molecule has 172 valence electrons. The van der Waals surface area contributed by atoms with Crippen molar-refractivity contribution in [2.24, 2.45) is 0 Å². The van der Waals surface area contributed by atoms with Gasteiger partial charge in [-0.25, -0.2) is 15.0 Å². The van der Waals surface area contributed by atoms with Crippen LogP contribution in [0.1, 0.15) is 16.4 Å². The third-order valence-electron chi connectivity index (χ3n) is 5.03. The lowest BCUT2D eigenvalue weighted by Gasteiger charge is -2.10. The van der Waals surface area contributed by atoms with Gasteiger partial charge in [-0.2, -0.15) is 9.67 Å². The van der Waals surface area contributed by atoms with Gasteiger partial charge < -0.3 is 19.9 Å². The average molecular weight is 476 g/mol. The maximum Gasteiger partial charge on any atom is 0.240 e. The molecule has 0 spiro atoms. The fourth-order valence-electron chi connectivity index (χ4n) is 3.48. The van der Waals surface area contributed by atoms with Crippen LogP contribution in [-0.4, -0.2) is 43.9 Å². The number of hydrogen-bond donors (Lipinski definition) is 1. The number of nitrogen functional groups attached to an aromatic ring is 1. The van der Waals surface area contributed by atoms with E-state index < -0.39 is 0 Å². The van der Waals surface area contributed by atoms with Crippen molar-refractivity contribution in [3.8, 4) is 23.2 Å². The van der Waals surface area contributed by atoms with Crippen LogP contribution in [0.15, 0.2) is 54.9 Å². The number of rotatable bonds is 8. The van der Waals surface area contributed by atoms with E-state index in [1.165, 1.54) is 6.33 Å². The molecule has 2 N–H and O–H groups in total. The Kier molecular flexibility index (Phi) is 5.91. The molecule has 5 rings (SSSR count). The molecule has 0 unspecified atom stereocenters. The van der Waals surface area contributed by atoms with Crippen LogP contribution in [0.3, 0.4) is 0 Å². The molecule has 34 heavy (non-hydrogen) atoms. The van der Waals surface area contributed by atoms with Gasteiger partial charge in [0.1, 0.15) is 23.8 Å². The smallest absolute Gasteiger partial charge is 0.240 e. The van der Waals surface area contributed by atoms with E-state index >= 15 is 0 Å². The van der Waals surface area contributed by atoms with E-state index in [2.05, 4.69) is 25.0 Å². The molecule has 10 nitrogen and oxygen atoms in total. The first-order valence-electron chi connectivity index (χ1n) is 10.3. The summed E-state index contributed by atoms with van der Waals surface area (Å²) < 4.78 is 19.3. The number of methoxy groups -OCH3 is 2. The Balaban J connectivity index is 1.37. The lowest BCUT2D eigenvalue weighted by molar-refractivity contribution is 0.292. The molecule has 0 amide bonds. The summed E-state index contributed by atoms with van der Waals surface area (Å²) in [6, 6.07) is 15.3. The predicted molar refractivity (Wildman–Crippen MR) is 128 cm³/mol. The van der Waals surface area contributed by atoms with Crippen LogP contribution < -0.4 is 19.9 Å². The predicted octanol–water partition coefficient (Wildman–Crippen LogP) is 3.44. The molecular weight excluding hydrogens is 454 g/mol. The molecule has 11 heteroatoms. The molecule has 0 bridgehead atoms. The Morgan fingerprint density at radius 1 is 0.971 bits per heavy atom. The van der Waals surface area contributed by atoms with Crippen LogP contribution in [-0.2, 0) is 13.0 Å². The van der Waals surface area contributed by atoms with Gasteiger partial charge >= 0.3 is 0 Å². The molecule has 0 radical (unpaired) electrons. The number of anilines is 1. The number of ether oxygens (including phenoxy) is 3. The Labute approximate surface area is 199 Å². The van der Waals surface area contributed by atoms with E-state index in [0.29, 0.717) is 42.0 Å². The van der Waals surface area contributed by atoms with Gasteiger partial charge in [-0.05, 0) is 29.8 Å². The third-order valence-corrected chi connectivity index (χ3v) is 6.04. The van der Waals surface area contributed by atoms with E-state index in [-0.39, 0.29) is 5.95 Å². The second-order valence-electron chi connectivity index (χ2n) is 7.24. The molecule has 0 aliphatic rings. The Hall–Kier alpha value is -4.25. The number of thiazole rings is 1. The number of fused-ring (bicyclic) bond motifs is 1. The fourth-order valence-corrected chi connectivity index (χ4v) is 4.36. The van der Waals surface area contributed by atoms with Gasteiger partial charge in [0.2, 0.25) is 11.8 Å². The van der Waals surface area contributed by atoms with Crippen molar-refractivity contribution in [3.05, 3.63) is 71.3 Å². The van der Waals surface area contributed by atoms with Crippen LogP contribution in [0.25, 0.3) is 16.0 Å². The van der Waals surface area contributed by atoms with Crippen LogP contribution in [0, 0.1) is 0 Å². The molecule has 0 fully saturated rings. The minimum Gasteiger partial charge on any atom is -0.493 e. The van der Waals surface area contributed by atoms with Crippen molar-refractivity contribution in [3.63, 3.8) is 0 Å². The van der Waals surface area contributed by atoms with E-state index in [0.717, 1.165) is 20.8 Å². The van der Waals surface area contributed by atoms with E-state index in [9.17, 15) is 0 Å². The first-order chi connectivity index (χ1) is 16.6. The lowest BCUT2D eigenvalue weighted by Crippen LogP contribution is -2.07. The molecule has 0 aliphatic carbocycles. The highest BCUT2D eigenvalue weighted by molar-refractivity contribution is 7.18. The van der Waals surface area contributed by atoms with Gasteiger partial charge in [0.25, 0.3) is 0 Å². The number of aromatic nitrogens is 6. The zero-order chi connectivity index (χ0) is 23.5. The maximum absolute atomic E-state index is 5.91. The topological polar surface area (TPSA) is 123 Å². The van der Waals surface area contributed by atoms with Crippen LogP contribution >= 0.6 is 11.3 Å². The van der Waals surface area contributed by atoms with Crippen LogP contribution in [0.4, 0.5) is 5.95 Å². The molecule has 0 saturated heterocycles. The maximum atomic E-state index is 5.91. The fraction of sp³-hybridized carbons (Fsp3) is 0.174. The summed E-state index contributed by atoms with van der Waals surface area (Å²) >= 11 is 1.59. The molecular formula is C23H21N7O3S. The summed E-state index contributed by atoms with van der Waals surface area (Å²) in [5, 5.41) is 5.17. The summed E-state index contributed by atoms with van der Waals surface area (Å²) in [7, 11) is 3.19. The molecule has 2 aromatic carbocycles. The van der Waals surface area contributed by atoms with Crippen molar-refractivity contribution < 1.29 is 14.2 Å². The molecule has 0 saturated carbocycles. The van der Waals surface area contributed by atoms with Crippen molar-refractivity contribution in [2.75, 3.05) is 20.0 Å². The minimum atomic E-state index is 0.144. The van der Waals surface area contributed by atoms with E-state index in [1.54, 1.807) is 36.3 Å². The molecule has 0 aliphatic heterocycles. The number of para-hydroxylation sites is 1. The summed E-state index contributed by atoms with van der Waals surface area (Å²) in [5.74, 6) is 2.93. The third kappa shape index (κ3) is 4.46. The second kappa shape index (κ2) is 9.32. The van der Waals surface area contributed by atoms with Crippen LogP contribution in [0.5, 0.6) is 17.4 Å². The molecule has 3 aromatic heterocycles. The Bertz CT molecular complexity index is 1420. The van der Waals surface area contributed by atoms with Crippen molar-refractivity contribution in [2.45, 2.75) is 13.0 Å². The number of nitrogens with zero attached hydrogens (tertiary/aromatic N) is 6. The highest BCUT2D eigenvalue weighted by Crippen LogP contribution is 2.29. The summed E-state index contributed by atoms with van der Waals surface area (Å²) in [5.41, 5.74) is 7.82. The van der Waals surface area contributed by atoms with Gasteiger partial charge in [0, 0.05) is 12.5 Å². The summed E-state index contributed by atoms with van der Waals surface area (Å²) in [6.07, 6.45) is 1.87. The second-order valence-corrected chi connectivity index (χ2v) is 8.36. The average Bonchev–Trinajstić information content (AvgIpc) is 3.45. The zero-order valence-electron chi connectivity index (χ0n) is 18.5. The standard InChI is InChI=1S/C23H21N7O3S/c1-31-16-8-7-14(9-17(16)32-2)10-20-28-23(24)29-30(20)19-11-21(26-13-25-19)33-12-22-27-15-5-3-4-6-18(15)34-22/h3-9,11,13H,10,12H2,1-2H3,(H2,24,29).